The Labute approximate surface area is 274 Å². The second kappa shape index (κ2) is 11.9. The molecular weight excluding hydrogens is 565 g/mol. The van der Waals surface area contributed by atoms with Gasteiger partial charge in [0.15, 0.2) is 34.3 Å². The molecule has 0 saturated carbocycles. The predicted molar refractivity (Wildman–Crippen MR) is 168 cm³/mol. The van der Waals surface area contributed by atoms with Crippen LogP contribution in [0.1, 0.15) is 144 Å². The van der Waals surface area contributed by atoms with Crippen LogP contribution in [0.15, 0.2) is 18.2 Å². The maximum Gasteiger partial charge on any atom is 2.00 e. The zero-order valence-corrected chi connectivity index (χ0v) is 28.4. The number of carbonyl (C=O) groups excluding carboxylic acids is 3. The molecule has 0 spiro atoms. The summed E-state index contributed by atoms with van der Waals surface area (Å²) in [7, 11) is 1.33. The van der Waals surface area contributed by atoms with Crippen molar-refractivity contribution in [2.75, 3.05) is 7.11 Å². The van der Waals surface area contributed by atoms with E-state index in [1.165, 1.54) is 7.11 Å². The van der Waals surface area contributed by atoms with Gasteiger partial charge in [0.1, 0.15) is 5.92 Å². The summed E-state index contributed by atoms with van der Waals surface area (Å²) in [6.45, 7) is 14.1. The van der Waals surface area contributed by atoms with Gasteiger partial charge in [-0.3, -0.25) is 14.4 Å². The number of Topliss-reactive ketones (excluding diaryl/α,β-unsaturated/α-hetero) is 2. The summed E-state index contributed by atoms with van der Waals surface area (Å²) in [6, 6.07) is 6.10. The van der Waals surface area contributed by atoms with Crippen molar-refractivity contribution in [2.24, 2.45) is 0 Å². The summed E-state index contributed by atoms with van der Waals surface area (Å²) in [6.07, 6.45) is 2.69. The van der Waals surface area contributed by atoms with Crippen molar-refractivity contribution in [3.8, 4) is 0 Å². The van der Waals surface area contributed by atoms with Gasteiger partial charge in [-0.25, -0.2) is 9.97 Å². The Hall–Kier alpha value is -3.30. The third-order valence-electron chi connectivity index (χ3n) is 10.1. The SMILES string of the molecule is CCC[C@@H]1c2[nH+]c(cc3[n-]c(cc4[nH+]c(cc5[n-]c6c(c5C)C(=O)[C@H](C(=O)OC)c26)[C@H](CC)[C@H]4C)c(C(C)=O)c3C)[C@H]1C.[Mg+2]. The zero-order chi connectivity index (χ0) is 30.9. The van der Waals surface area contributed by atoms with E-state index in [1.807, 2.05) is 32.0 Å². The average molecular weight is 605 g/mol. The molecule has 0 radical (unpaired) electrons. The summed E-state index contributed by atoms with van der Waals surface area (Å²) < 4.78 is 5.18. The van der Waals surface area contributed by atoms with E-state index in [-0.39, 0.29) is 58.3 Å². The van der Waals surface area contributed by atoms with E-state index >= 15 is 0 Å². The van der Waals surface area contributed by atoms with Crippen molar-refractivity contribution in [3.63, 3.8) is 0 Å². The van der Waals surface area contributed by atoms with E-state index in [4.69, 9.17) is 14.7 Å². The Kier molecular flexibility index (Phi) is 8.68. The quantitative estimate of drug-likeness (QED) is 0.169. The van der Waals surface area contributed by atoms with Crippen LogP contribution in [0.25, 0.3) is 22.1 Å². The number of nitrogens with zero attached hydrogens (tertiary/aromatic N) is 2. The van der Waals surface area contributed by atoms with E-state index in [1.54, 1.807) is 6.92 Å². The Morgan fingerprint density at radius 1 is 0.886 bits per heavy atom. The molecule has 224 valence electrons. The van der Waals surface area contributed by atoms with E-state index in [0.29, 0.717) is 27.7 Å². The monoisotopic (exact) mass is 604 g/mol. The molecule has 2 N–H and O–H groups in total. The maximum atomic E-state index is 14.0. The molecule has 1 aliphatic carbocycles. The first-order valence-electron chi connectivity index (χ1n) is 15.4. The molecule has 3 aliphatic rings. The number of nitrogens with one attached hydrogen (secondary N) is 2. The molecule has 9 heteroatoms. The largest absolute Gasteiger partial charge is 2.00 e. The number of rotatable bonds is 5. The molecule has 0 fully saturated rings. The summed E-state index contributed by atoms with van der Waals surface area (Å²) in [5.74, 6) is -1.43. The summed E-state index contributed by atoms with van der Waals surface area (Å²) in [5.41, 5.74) is 9.91. The van der Waals surface area contributed by atoms with Crippen molar-refractivity contribution in [2.45, 2.75) is 97.3 Å². The fourth-order valence-electron chi connectivity index (χ4n) is 7.67. The number of hydrogen-bond donors (Lipinski definition) is 0. The fourth-order valence-corrected chi connectivity index (χ4v) is 7.67. The fraction of sp³-hybridized carbons (Fsp3) is 0.457. The molecule has 44 heavy (non-hydrogen) atoms. The molecule has 0 unspecified atom stereocenters. The Morgan fingerprint density at radius 2 is 1.50 bits per heavy atom. The van der Waals surface area contributed by atoms with Crippen molar-refractivity contribution in [3.05, 3.63) is 68.8 Å². The zero-order valence-electron chi connectivity index (χ0n) is 27.0. The van der Waals surface area contributed by atoms with Crippen LogP contribution >= 0.6 is 0 Å². The molecular formula is C35H40MgN4O4+2. The van der Waals surface area contributed by atoms with Gasteiger partial charge in [-0.15, -0.1) is 22.1 Å². The summed E-state index contributed by atoms with van der Waals surface area (Å²) in [4.78, 5) is 57.4. The number of ketones is 2. The smallest absolute Gasteiger partial charge is 0.657 e. The van der Waals surface area contributed by atoms with Crippen molar-refractivity contribution in [1.29, 1.82) is 0 Å². The Balaban J connectivity index is 0.00000384. The van der Waals surface area contributed by atoms with Crippen LogP contribution in [0, 0.1) is 13.8 Å². The Morgan fingerprint density at radius 3 is 2.14 bits per heavy atom. The summed E-state index contributed by atoms with van der Waals surface area (Å²) >= 11 is 0. The van der Waals surface area contributed by atoms with Crippen LogP contribution in [0.5, 0.6) is 0 Å². The van der Waals surface area contributed by atoms with Gasteiger partial charge in [0, 0.05) is 16.7 Å². The van der Waals surface area contributed by atoms with E-state index in [0.717, 1.165) is 64.2 Å². The third kappa shape index (κ3) is 4.74. The van der Waals surface area contributed by atoms with Gasteiger partial charge < -0.3 is 14.7 Å². The second-order valence-electron chi connectivity index (χ2n) is 12.5. The van der Waals surface area contributed by atoms with Crippen molar-refractivity contribution >= 4 is 62.7 Å². The number of hydrogen-bond acceptors (Lipinski definition) is 4. The molecule has 5 heterocycles. The molecule has 0 saturated heterocycles. The van der Waals surface area contributed by atoms with Gasteiger partial charge in [0.25, 0.3) is 0 Å². The van der Waals surface area contributed by atoms with Crippen LogP contribution in [0.4, 0.5) is 0 Å². The standard InChI is InChI=1S/C35H39N4O4.Mg/c1-9-11-21-16(4)23-12-24-17(5)28(19(7)40)27(37-24)14-22-15(3)20(10-2)26(36-22)13-25-18(6)29-33(39-25)30(32(21)38-23)31(34(29)41)35(42)43-8;/h12-16,20-21,31H,9-11H2,1-8H3,(H-,36,37,38,39,40,41);/q-1;+2/p+1/t15-,16+,20-,21+,31-;/m1./s1. The van der Waals surface area contributed by atoms with Gasteiger partial charge in [0.05, 0.1) is 30.8 Å². The normalized spacial score (nSPS) is 22.2. The number of esters is 1. The number of ether oxygens (including phenoxy) is 1. The van der Waals surface area contributed by atoms with Crippen LogP contribution in [-0.4, -0.2) is 47.7 Å². The van der Waals surface area contributed by atoms with Crippen molar-refractivity contribution < 1.29 is 29.1 Å². The molecule has 2 aliphatic heterocycles. The molecule has 0 aromatic carbocycles. The molecule has 5 atom stereocenters. The first-order valence-corrected chi connectivity index (χ1v) is 15.4. The van der Waals surface area contributed by atoms with Crippen LogP contribution < -0.4 is 19.9 Å². The third-order valence-corrected chi connectivity index (χ3v) is 10.1. The number of aryl methyl sites for hydroxylation is 2. The number of aromatic amines is 2. The van der Waals surface area contributed by atoms with Crippen molar-refractivity contribution in [1.82, 2.24) is 9.97 Å². The molecule has 0 amide bonds. The van der Waals surface area contributed by atoms with Crippen LogP contribution in [0.3, 0.4) is 0 Å². The molecule has 3 aromatic rings. The number of methoxy groups -OCH3 is 1. The minimum Gasteiger partial charge on any atom is -0.657 e. The number of aromatic nitrogens is 4. The average Bonchev–Trinajstić information content (AvgIpc) is 3.70. The van der Waals surface area contributed by atoms with E-state index in [2.05, 4.69) is 37.7 Å². The van der Waals surface area contributed by atoms with E-state index < -0.39 is 11.9 Å². The van der Waals surface area contributed by atoms with Crippen LogP contribution in [0.2, 0.25) is 0 Å². The van der Waals surface area contributed by atoms with Gasteiger partial charge in [0.2, 0.25) is 0 Å². The van der Waals surface area contributed by atoms with Gasteiger partial charge in [-0.1, -0.05) is 45.2 Å². The topological polar surface area (TPSA) is 117 Å². The Bertz CT molecular complexity index is 1870. The van der Waals surface area contributed by atoms with Gasteiger partial charge in [-0.2, -0.15) is 0 Å². The first-order chi connectivity index (χ1) is 20.5. The second-order valence-corrected chi connectivity index (χ2v) is 12.5. The first kappa shape index (κ1) is 32.1. The predicted octanol–water partition coefficient (Wildman–Crippen LogP) is 5.29. The van der Waals surface area contributed by atoms with Gasteiger partial charge >= 0.3 is 29.0 Å². The minimum atomic E-state index is -1.06. The molecule has 8 bridgehead atoms. The minimum absolute atomic E-state index is 0. The van der Waals surface area contributed by atoms with E-state index in [9.17, 15) is 14.4 Å². The molecule has 8 nitrogen and oxygen atoms in total. The van der Waals surface area contributed by atoms with Crippen LogP contribution in [-0.2, 0) is 9.53 Å². The number of H-pyrrole nitrogens is 2. The number of carbonyl (C=O) groups is 3. The van der Waals surface area contributed by atoms with Gasteiger partial charge in [-0.05, 0) is 51.8 Å². The molecule has 6 rings (SSSR count). The summed E-state index contributed by atoms with van der Waals surface area (Å²) in [5, 5.41) is 0. The molecule has 3 aromatic heterocycles. The number of fused-ring (bicyclic) bond motifs is 8. The maximum absolute atomic E-state index is 14.0.